The molecule has 5 heteroatoms. The SMILES string of the molecule is CCNC(=O)c1cc(C=O)n[nH]1. The van der Waals surface area contributed by atoms with Crippen LogP contribution in [0.1, 0.15) is 27.9 Å². The fourth-order valence-electron chi connectivity index (χ4n) is 0.770. The number of nitrogens with one attached hydrogen (secondary N) is 2. The van der Waals surface area contributed by atoms with Gasteiger partial charge in [-0.1, -0.05) is 0 Å². The van der Waals surface area contributed by atoms with Crippen LogP contribution in [0, 0.1) is 0 Å². The predicted octanol–water partition coefficient (Wildman–Crippen LogP) is -0.0281. The van der Waals surface area contributed by atoms with Crippen molar-refractivity contribution in [1.82, 2.24) is 15.5 Å². The van der Waals surface area contributed by atoms with Crippen LogP contribution in [-0.4, -0.2) is 28.9 Å². The van der Waals surface area contributed by atoms with Crippen molar-refractivity contribution in [3.8, 4) is 0 Å². The maximum absolute atomic E-state index is 11.1. The van der Waals surface area contributed by atoms with Crippen molar-refractivity contribution in [1.29, 1.82) is 0 Å². The third-order valence-electron chi connectivity index (χ3n) is 1.30. The number of carbonyl (C=O) groups is 2. The van der Waals surface area contributed by atoms with Crippen molar-refractivity contribution >= 4 is 12.2 Å². The zero-order valence-electron chi connectivity index (χ0n) is 6.63. The van der Waals surface area contributed by atoms with E-state index in [2.05, 4.69) is 15.5 Å². The minimum absolute atomic E-state index is 0.233. The van der Waals surface area contributed by atoms with E-state index >= 15 is 0 Å². The maximum atomic E-state index is 11.1. The molecule has 1 amide bonds. The second kappa shape index (κ2) is 3.66. The number of amides is 1. The molecule has 1 rings (SSSR count). The summed E-state index contributed by atoms with van der Waals surface area (Å²) in [6.45, 7) is 2.36. The van der Waals surface area contributed by atoms with Gasteiger partial charge in [0.05, 0.1) is 0 Å². The summed E-state index contributed by atoms with van der Waals surface area (Å²) in [6, 6.07) is 1.40. The van der Waals surface area contributed by atoms with Gasteiger partial charge in [0.25, 0.3) is 5.91 Å². The van der Waals surface area contributed by atoms with Crippen molar-refractivity contribution in [2.24, 2.45) is 0 Å². The van der Waals surface area contributed by atoms with Gasteiger partial charge >= 0.3 is 0 Å². The fourth-order valence-corrected chi connectivity index (χ4v) is 0.770. The van der Waals surface area contributed by atoms with E-state index in [-0.39, 0.29) is 11.6 Å². The second-order valence-electron chi connectivity index (χ2n) is 2.18. The van der Waals surface area contributed by atoms with Gasteiger partial charge in [-0.05, 0) is 13.0 Å². The number of carbonyl (C=O) groups excluding carboxylic acids is 2. The molecule has 0 saturated carbocycles. The summed E-state index contributed by atoms with van der Waals surface area (Å²) in [5.74, 6) is -0.252. The van der Waals surface area contributed by atoms with Crippen molar-refractivity contribution in [2.75, 3.05) is 6.54 Å². The first-order valence-corrected chi connectivity index (χ1v) is 3.56. The van der Waals surface area contributed by atoms with Crippen LogP contribution in [-0.2, 0) is 0 Å². The van der Waals surface area contributed by atoms with Crippen molar-refractivity contribution in [2.45, 2.75) is 6.92 Å². The number of nitrogens with zero attached hydrogens (tertiary/aromatic N) is 1. The molecule has 0 bridgehead atoms. The lowest BCUT2D eigenvalue weighted by atomic mass is 10.3. The third kappa shape index (κ3) is 1.69. The zero-order chi connectivity index (χ0) is 8.97. The molecule has 0 aliphatic heterocycles. The Morgan fingerprint density at radius 2 is 2.58 bits per heavy atom. The first kappa shape index (κ1) is 8.45. The lowest BCUT2D eigenvalue weighted by Crippen LogP contribution is -2.22. The Hall–Kier alpha value is -1.65. The number of aldehydes is 1. The summed E-state index contributed by atoms with van der Waals surface area (Å²) in [5.41, 5.74) is 0.537. The zero-order valence-corrected chi connectivity index (χ0v) is 6.63. The smallest absolute Gasteiger partial charge is 0.269 e. The second-order valence-corrected chi connectivity index (χ2v) is 2.18. The van der Waals surface area contributed by atoms with Crippen LogP contribution in [0.4, 0.5) is 0 Å². The molecule has 0 unspecified atom stereocenters. The fraction of sp³-hybridized carbons (Fsp3) is 0.286. The van der Waals surface area contributed by atoms with E-state index in [1.807, 2.05) is 6.92 Å². The first-order chi connectivity index (χ1) is 5.77. The highest BCUT2D eigenvalue weighted by Gasteiger charge is 2.06. The Bertz CT molecular complexity index is 293. The molecule has 0 spiro atoms. The lowest BCUT2D eigenvalue weighted by Gasteiger charge is -1.95. The van der Waals surface area contributed by atoms with Crippen LogP contribution in [0.15, 0.2) is 6.07 Å². The molecule has 0 aliphatic carbocycles. The van der Waals surface area contributed by atoms with E-state index in [0.29, 0.717) is 18.5 Å². The monoisotopic (exact) mass is 167 g/mol. The highest BCUT2D eigenvalue weighted by atomic mass is 16.2. The molecule has 0 radical (unpaired) electrons. The Morgan fingerprint density at radius 1 is 1.83 bits per heavy atom. The molecule has 0 aromatic carbocycles. The minimum atomic E-state index is -0.252. The number of aromatic nitrogens is 2. The molecular weight excluding hydrogens is 158 g/mol. The Labute approximate surface area is 69.2 Å². The van der Waals surface area contributed by atoms with Crippen LogP contribution in [0.5, 0.6) is 0 Å². The van der Waals surface area contributed by atoms with Crippen LogP contribution < -0.4 is 5.32 Å². The van der Waals surface area contributed by atoms with Crippen molar-refractivity contribution in [3.63, 3.8) is 0 Å². The first-order valence-electron chi connectivity index (χ1n) is 3.56. The topological polar surface area (TPSA) is 74.8 Å². The van der Waals surface area contributed by atoms with E-state index in [1.165, 1.54) is 6.07 Å². The van der Waals surface area contributed by atoms with Crippen molar-refractivity contribution in [3.05, 3.63) is 17.5 Å². The minimum Gasteiger partial charge on any atom is -0.351 e. The van der Waals surface area contributed by atoms with Gasteiger partial charge in [0.2, 0.25) is 0 Å². The normalized spacial score (nSPS) is 9.42. The van der Waals surface area contributed by atoms with Crippen molar-refractivity contribution < 1.29 is 9.59 Å². The Morgan fingerprint density at radius 3 is 3.08 bits per heavy atom. The number of H-pyrrole nitrogens is 1. The molecule has 0 atom stereocenters. The predicted molar refractivity (Wildman–Crippen MR) is 42.0 cm³/mol. The summed E-state index contributed by atoms with van der Waals surface area (Å²) < 4.78 is 0. The molecule has 0 aliphatic rings. The van der Waals surface area contributed by atoms with Gasteiger partial charge in [-0.3, -0.25) is 14.7 Å². The largest absolute Gasteiger partial charge is 0.351 e. The summed E-state index contributed by atoms with van der Waals surface area (Å²) in [6.07, 6.45) is 0.583. The van der Waals surface area contributed by atoms with E-state index in [1.54, 1.807) is 0 Å². The molecule has 64 valence electrons. The molecule has 1 aromatic rings. The molecule has 1 heterocycles. The van der Waals surface area contributed by atoms with Gasteiger partial charge in [-0.15, -0.1) is 0 Å². The van der Waals surface area contributed by atoms with E-state index < -0.39 is 0 Å². The summed E-state index contributed by atoms with van der Waals surface area (Å²) in [7, 11) is 0. The highest BCUT2D eigenvalue weighted by Crippen LogP contribution is 1.95. The third-order valence-corrected chi connectivity index (χ3v) is 1.30. The lowest BCUT2D eigenvalue weighted by molar-refractivity contribution is 0.0950. The molecule has 5 nitrogen and oxygen atoms in total. The van der Waals surface area contributed by atoms with Crippen LogP contribution in [0.3, 0.4) is 0 Å². The average Bonchev–Trinajstić information content (AvgIpc) is 2.52. The van der Waals surface area contributed by atoms with E-state index in [9.17, 15) is 9.59 Å². The molecule has 12 heavy (non-hydrogen) atoms. The molecule has 0 fully saturated rings. The Kier molecular flexibility index (Phi) is 2.57. The average molecular weight is 167 g/mol. The van der Waals surface area contributed by atoms with Crippen LogP contribution in [0.2, 0.25) is 0 Å². The van der Waals surface area contributed by atoms with E-state index in [4.69, 9.17) is 0 Å². The number of rotatable bonds is 3. The maximum Gasteiger partial charge on any atom is 0.269 e. The standard InChI is InChI=1S/C7H9N3O2/c1-2-8-7(12)6-3-5(4-11)9-10-6/h3-4H,2H2,1H3,(H,8,12)(H,9,10). The molecular formula is C7H9N3O2. The molecule has 0 saturated heterocycles. The highest BCUT2D eigenvalue weighted by molar-refractivity contribution is 5.93. The van der Waals surface area contributed by atoms with Gasteiger partial charge in [-0.2, -0.15) is 5.10 Å². The molecule has 2 N–H and O–H groups in total. The molecule has 1 aromatic heterocycles. The quantitative estimate of drug-likeness (QED) is 0.621. The Balaban J connectivity index is 2.74. The van der Waals surface area contributed by atoms with Gasteiger partial charge < -0.3 is 5.32 Å². The van der Waals surface area contributed by atoms with Crippen LogP contribution >= 0.6 is 0 Å². The van der Waals surface area contributed by atoms with E-state index in [0.717, 1.165) is 0 Å². The number of aromatic amines is 1. The van der Waals surface area contributed by atoms with Gasteiger partial charge in [0.15, 0.2) is 6.29 Å². The number of hydrogen-bond donors (Lipinski definition) is 2. The van der Waals surface area contributed by atoms with Crippen LogP contribution in [0.25, 0.3) is 0 Å². The summed E-state index contributed by atoms with van der Waals surface area (Å²) in [5, 5.41) is 8.61. The summed E-state index contributed by atoms with van der Waals surface area (Å²) >= 11 is 0. The number of hydrogen-bond acceptors (Lipinski definition) is 3. The summed E-state index contributed by atoms with van der Waals surface area (Å²) in [4.78, 5) is 21.3. The van der Waals surface area contributed by atoms with Gasteiger partial charge in [-0.25, -0.2) is 0 Å². The van der Waals surface area contributed by atoms with Gasteiger partial charge in [0.1, 0.15) is 11.4 Å². The van der Waals surface area contributed by atoms with Gasteiger partial charge in [0, 0.05) is 6.54 Å².